The van der Waals surface area contributed by atoms with Crippen molar-refractivity contribution in [3.05, 3.63) is 59.7 Å². The number of aryl methyl sites for hydroxylation is 2. The lowest BCUT2D eigenvalue weighted by Crippen LogP contribution is -2.22. The van der Waals surface area contributed by atoms with Crippen LogP contribution in [0.5, 0.6) is 11.5 Å². The van der Waals surface area contributed by atoms with Crippen LogP contribution in [0.1, 0.15) is 24.0 Å². The molecule has 0 saturated heterocycles. The first-order valence-corrected chi connectivity index (χ1v) is 7.72. The molecule has 0 aliphatic carbocycles. The van der Waals surface area contributed by atoms with Crippen LogP contribution in [0.25, 0.3) is 0 Å². The zero-order chi connectivity index (χ0) is 16.5. The van der Waals surface area contributed by atoms with Crippen LogP contribution < -0.4 is 14.6 Å². The first-order valence-electron chi connectivity index (χ1n) is 7.72. The Morgan fingerprint density at radius 2 is 1.78 bits per heavy atom. The van der Waals surface area contributed by atoms with Crippen molar-refractivity contribution >= 4 is 5.97 Å². The van der Waals surface area contributed by atoms with Gasteiger partial charge in [0.05, 0.1) is 13.7 Å². The molecule has 0 radical (unpaired) electrons. The maximum absolute atomic E-state index is 10.5. The standard InChI is InChI=1S/C19H22O4/c1-22-18-14-16(10-12-19(20)21)9-11-17(18)23-13-5-8-15-6-3-2-4-7-15/h2-4,6-7,9,11,14H,5,8,10,12-13H2,1H3,(H,20,21)/p-1. The summed E-state index contributed by atoms with van der Waals surface area (Å²) in [5.74, 6) is 0.253. The Bertz CT molecular complexity index is 623. The number of rotatable bonds is 9. The second-order valence-electron chi connectivity index (χ2n) is 5.29. The first-order chi connectivity index (χ1) is 11.2. The van der Waals surface area contributed by atoms with Crippen LogP contribution in [-0.2, 0) is 17.6 Å². The number of benzene rings is 2. The lowest BCUT2D eigenvalue weighted by atomic mass is 10.1. The molecule has 4 nitrogen and oxygen atoms in total. The summed E-state index contributed by atoms with van der Waals surface area (Å²) in [6, 6.07) is 15.8. The number of carbonyl (C=O) groups is 1. The zero-order valence-electron chi connectivity index (χ0n) is 13.3. The Morgan fingerprint density at radius 1 is 1.00 bits per heavy atom. The molecule has 0 bridgehead atoms. The number of carboxylic acids is 1. The molecular weight excluding hydrogens is 292 g/mol. The van der Waals surface area contributed by atoms with Crippen molar-refractivity contribution in [3.63, 3.8) is 0 Å². The largest absolute Gasteiger partial charge is 0.550 e. The van der Waals surface area contributed by atoms with Crippen LogP contribution in [0.15, 0.2) is 48.5 Å². The fraction of sp³-hybridized carbons (Fsp3) is 0.316. The van der Waals surface area contributed by atoms with Crippen LogP contribution >= 0.6 is 0 Å². The third-order valence-corrected chi connectivity index (χ3v) is 3.56. The molecule has 0 aromatic heterocycles. The van der Waals surface area contributed by atoms with Gasteiger partial charge in [-0.15, -0.1) is 0 Å². The highest BCUT2D eigenvalue weighted by molar-refractivity contribution is 5.64. The molecule has 0 saturated carbocycles. The predicted molar refractivity (Wildman–Crippen MR) is 86.6 cm³/mol. The first kappa shape index (κ1) is 16.9. The van der Waals surface area contributed by atoms with Crippen molar-refractivity contribution in [3.8, 4) is 11.5 Å². The highest BCUT2D eigenvalue weighted by atomic mass is 16.5. The summed E-state index contributed by atoms with van der Waals surface area (Å²) in [5, 5.41) is 10.5. The van der Waals surface area contributed by atoms with Gasteiger partial charge in [-0.25, -0.2) is 0 Å². The van der Waals surface area contributed by atoms with Crippen molar-refractivity contribution in [1.82, 2.24) is 0 Å². The van der Waals surface area contributed by atoms with E-state index in [0.717, 1.165) is 18.4 Å². The molecular formula is C19H21O4-. The Labute approximate surface area is 136 Å². The summed E-state index contributed by atoms with van der Waals surface area (Å²) in [4.78, 5) is 10.5. The van der Waals surface area contributed by atoms with E-state index in [9.17, 15) is 9.90 Å². The molecule has 0 atom stereocenters. The highest BCUT2D eigenvalue weighted by Gasteiger charge is 2.06. The molecule has 2 aromatic rings. The van der Waals surface area contributed by atoms with E-state index in [-0.39, 0.29) is 6.42 Å². The van der Waals surface area contributed by atoms with Crippen molar-refractivity contribution < 1.29 is 19.4 Å². The van der Waals surface area contributed by atoms with Gasteiger partial charge in [-0.1, -0.05) is 36.4 Å². The van der Waals surface area contributed by atoms with Crippen LogP contribution in [0.4, 0.5) is 0 Å². The van der Waals surface area contributed by atoms with Crippen molar-refractivity contribution in [2.75, 3.05) is 13.7 Å². The van der Waals surface area contributed by atoms with Crippen molar-refractivity contribution in [2.24, 2.45) is 0 Å². The van der Waals surface area contributed by atoms with Gasteiger partial charge in [0.2, 0.25) is 0 Å². The highest BCUT2D eigenvalue weighted by Crippen LogP contribution is 2.28. The Hall–Kier alpha value is -2.49. The minimum Gasteiger partial charge on any atom is -0.550 e. The van der Waals surface area contributed by atoms with Gasteiger partial charge in [0.15, 0.2) is 11.5 Å². The molecule has 4 heteroatoms. The lowest BCUT2D eigenvalue weighted by Gasteiger charge is -2.12. The average molecular weight is 313 g/mol. The fourth-order valence-electron chi connectivity index (χ4n) is 2.34. The van der Waals surface area contributed by atoms with Gasteiger partial charge in [0.25, 0.3) is 0 Å². The van der Waals surface area contributed by atoms with Crippen LogP contribution in [0.2, 0.25) is 0 Å². The van der Waals surface area contributed by atoms with Gasteiger partial charge >= 0.3 is 0 Å². The van der Waals surface area contributed by atoms with Crippen LogP contribution in [-0.4, -0.2) is 19.7 Å². The SMILES string of the molecule is COc1cc(CCC(=O)[O-])ccc1OCCCc1ccccc1. The molecule has 122 valence electrons. The van der Waals surface area contributed by atoms with E-state index in [1.54, 1.807) is 7.11 Å². The number of methoxy groups -OCH3 is 1. The molecule has 0 N–H and O–H groups in total. The second-order valence-corrected chi connectivity index (χ2v) is 5.29. The molecule has 2 aromatic carbocycles. The molecule has 0 aliphatic heterocycles. The molecule has 0 heterocycles. The Balaban J connectivity index is 1.85. The molecule has 0 unspecified atom stereocenters. The molecule has 0 aliphatic rings. The third-order valence-electron chi connectivity index (χ3n) is 3.56. The van der Waals surface area contributed by atoms with Crippen LogP contribution in [0.3, 0.4) is 0 Å². The van der Waals surface area contributed by atoms with Gasteiger partial charge in [-0.2, -0.15) is 0 Å². The molecule has 23 heavy (non-hydrogen) atoms. The van der Waals surface area contributed by atoms with Gasteiger partial charge in [-0.05, 0) is 48.9 Å². The minimum absolute atomic E-state index is 0.000430. The summed E-state index contributed by atoms with van der Waals surface area (Å²) < 4.78 is 11.1. The molecule has 2 rings (SSSR count). The number of carboxylic acid groups (broad SMARTS) is 1. The number of hydrogen-bond donors (Lipinski definition) is 0. The normalized spacial score (nSPS) is 10.3. The predicted octanol–water partition coefficient (Wildman–Crippen LogP) is 2.39. The van der Waals surface area contributed by atoms with E-state index in [1.165, 1.54) is 5.56 Å². The van der Waals surface area contributed by atoms with E-state index in [4.69, 9.17) is 9.47 Å². The van der Waals surface area contributed by atoms with Crippen LogP contribution in [0, 0.1) is 0 Å². The lowest BCUT2D eigenvalue weighted by molar-refractivity contribution is -0.305. The summed E-state index contributed by atoms with van der Waals surface area (Å²) in [6.07, 6.45) is 2.31. The van der Waals surface area contributed by atoms with Gasteiger partial charge in [-0.3, -0.25) is 0 Å². The van der Waals surface area contributed by atoms with Crippen molar-refractivity contribution in [2.45, 2.75) is 25.7 Å². The van der Waals surface area contributed by atoms with Crippen molar-refractivity contribution in [1.29, 1.82) is 0 Å². The summed E-state index contributed by atoms with van der Waals surface area (Å²) in [7, 11) is 1.58. The maximum atomic E-state index is 10.5. The topological polar surface area (TPSA) is 58.6 Å². The Morgan fingerprint density at radius 3 is 2.48 bits per heavy atom. The summed E-state index contributed by atoms with van der Waals surface area (Å²) in [5.41, 5.74) is 2.18. The Kier molecular flexibility index (Phi) is 6.48. The third kappa shape index (κ3) is 5.66. The molecule has 0 amide bonds. The van der Waals surface area contributed by atoms with E-state index in [1.807, 2.05) is 36.4 Å². The number of aliphatic carboxylic acids is 1. The second kappa shape index (κ2) is 8.83. The van der Waals surface area contributed by atoms with E-state index >= 15 is 0 Å². The van der Waals surface area contributed by atoms with E-state index in [0.29, 0.717) is 24.5 Å². The van der Waals surface area contributed by atoms with Gasteiger partial charge in [0.1, 0.15) is 0 Å². The molecule has 0 spiro atoms. The monoisotopic (exact) mass is 313 g/mol. The van der Waals surface area contributed by atoms with Gasteiger partial charge < -0.3 is 19.4 Å². The van der Waals surface area contributed by atoms with Gasteiger partial charge in [0, 0.05) is 5.97 Å². The number of hydrogen-bond acceptors (Lipinski definition) is 4. The fourth-order valence-corrected chi connectivity index (χ4v) is 2.34. The summed E-state index contributed by atoms with van der Waals surface area (Å²) in [6.45, 7) is 0.601. The number of carbonyl (C=O) groups excluding carboxylic acids is 1. The average Bonchev–Trinajstić information content (AvgIpc) is 2.58. The maximum Gasteiger partial charge on any atom is 0.161 e. The minimum atomic E-state index is -1.05. The quantitative estimate of drug-likeness (QED) is 0.667. The molecule has 0 fully saturated rings. The number of ether oxygens (including phenoxy) is 2. The van der Waals surface area contributed by atoms with E-state index < -0.39 is 5.97 Å². The smallest absolute Gasteiger partial charge is 0.161 e. The zero-order valence-corrected chi connectivity index (χ0v) is 13.3. The van der Waals surface area contributed by atoms with E-state index in [2.05, 4.69) is 12.1 Å². The summed E-state index contributed by atoms with van der Waals surface area (Å²) >= 11 is 0.